The number of hydrogen-bond donors (Lipinski definition) is 3. The van der Waals surface area contributed by atoms with E-state index in [0.717, 1.165) is 18.2 Å². The average Bonchev–Trinajstić information content (AvgIpc) is 3.74. The van der Waals surface area contributed by atoms with Gasteiger partial charge in [0, 0.05) is 25.0 Å². The zero-order valence-electron chi connectivity index (χ0n) is 22.1. The summed E-state index contributed by atoms with van der Waals surface area (Å²) in [7, 11) is 1.39. The molecule has 0 saturated heterocycles. The molecule has 2 amide bonds. The van der Waals surface area contributed by atoms with E-state index in [1.807, 2.05) is 0 Å². The van der Waals surface area contributed by atoms with Crippen LogP contribution in [0.4, 0.5) is 32.4 Å². The second kappa shape index (κ2) is 12.1. The van der Waals surface area contributed by atoms with Gasteiger partial charge in [0.2, 0.25) is 0 Å². The van der Waals surface area contributed by atoms with Crippen LogP contribution in [0.5, 0.6) is 11.5 Å². The molecule has 12 heteroatoms. The van der Waals surface area contributed by atoms with Gasteiger partial charge in [-0.3, -0.25) is 4.79 Å². The zero-order valence-corrected chi connectivity index (χ0v) is 22.1. The van der Waals surface area contributed by atoms with Crippen LogP contribution in [-0.2, 0) is 10.9 Å². The topological polar surface area (TPSA) is 96.9 Å². The Bertz CT molecular complexity index is 1460. The molecule has 7 nitrogen and oxygen atoms in total. The number of benzene rings is 3. The number of rotatable bonds is 10. The van der Waals surface area contributed by atoms with Crippen molar-refractivity contribution in [1.29, 1.82) is 0 Å². The summed E-state index contributed by atoms with van der Waals surface area (Å²) in [6, 6.07) is 7.88. The average molecular weight is 579 g/mol. The molecule has 3 aromatic rings. The molecular formula is C29H27F5N2O5. The first-order valence-electron chi connectivity index (χ1n) is 12.7. The molecule has 1 fully saturated rings. The summed E-state index contributed by atoms with van der Waals surface area (Å²) in [5.41, 5.74) is -1.16. The van der Waals surface area contributed by atoms with E-state index in [2.05, 4.69) is 10.6 Å². The number of hydrogen-bond acceptors (Lipinski definition) is 4. The maximum atomic E-state index is 14.7. The molecule has 0 radical (unpaired) electrons. The molecule has 1 saturated carbocycles. The summed E-state index contributed by atoms with van der Waals surface area (Å²) < 4.78 is 81.3. The van der Waals surface area contributed by atoms with Crippen LogP contribution in [0.15, 0.2) is 48.5 Å². The molecule has 1 aliphatic rings. The van der Waals surface area contributed by atoms with Crippen LogP contribution in [0.25, 0.3) is 0 Å². The molecule has 4 rings (SSSR count). The van der Waals surface area contributed by atoms with Gasteiger partial charge in [-0.15, -0.1) is 0 Å². The molecule has 0 aromatic heterocycles. The number of aryl methyl sites for hydroxylation is 1. The third-order valence-electron chi connectivity index (χ3n) is 6.61. The molecule has 0 aliphatic heterocycles. The fourth-order valence-electron chi connectivity index (χ4n) is 4.46. The standard InChI is InChI=1S/C29H27F5N2O5/c1-15-11-17(30)5-8-25(15)41-26-14-19(16-3-4-16)22(29(32,33)34)13-21(26)27(37)35-18-6-7-23(31)20(12-18)24(9-10-40-2)36-28(38)39/h5-8,11-14,16,24,36H,3-4,9-10H2,1-2H3,(H,35,37)(H,38,39). The van der Waals surface area contributed by atoms with Gasteiger partial charge in [-0.1, -0.05) is 0 Å². The van der Waals surface area contributed by atoms with Gasteiger partial charge in [-0.25, -0.2) is 13.6 Å². The number of halogens is 5. The van der Waals surface area contributed by atoms with Crippen molar-refractivity contribution in [3.8, 4) is 11.5 Å². The van der Waals surface area contributed by atoms with E-state index < -0.39 is 47.0 Å². The van der Waals surface area contributed by atoms with E-state index in [1.165, 1.54) is 37.4 Å². The Morgan fingerprint density at radius 3 is 2.39 bits per heavy atom. The Balaban J connectivity index is 1.74. The first-order valence-corrected chi connectivity index (χ1v) is 12.7. The van der Waals surface area contributed by atoms with E-state index >= 15 is 0 Å². The highest BCUT2D eigenvalue weighted by molar-refractivity contribution is 6.06. The summed E-state index contributed by atoms with van der Waals surface area (Å²) in [4.78, 5) is 24.7. The predicted molar refractivity (Wildman–Crippen MR) is 139 cm³/mol. The first-order chi connectivity index (χ1) is 19.4. The van der Waals surface area contributed by atoms with Gasteiger partial charge < -0.3 is 25.2 Å². The van der Waals surface area contributed by atoms with Crippen LogP contribution >= 0.6 is 0 Å². The maximum absolute atomic E-state index is 14.7. The Hall–Kier alpha value is -4.19. The van der Waals surface area contributed by atoms with Crippen molar-refractivity contribution in [2.24, 2.45) is 0 Å². The number of ether oxygens (including phenoxy) is 2. The summed E-state index contributed by atoms with van der Waals surface area (Å²) in [6.45, 7) is 1.65. The highest BCUT2D eigenvalue weighted by Crippen LogP contribution is 2.48. The predicted octanol–water partition coefficient (Wildman–Crippen LogP) is 7.56. The minimum atomic E-state index is -4.75. The van der Waals surface area contributed by atoms with Crippen molar-refractivity contribution in [2.75, 3.05) is 19.0 Å². The van der Waals surface area contributed by atoms with Gasteiger partial charge >= 0.3 is 12.3 Å². The van der Waals surface area contributed by atoms with Crippen molar-refractivity contribution in [1.82, 2.24) is 5.32 Å². The van der Waals surface area contributed by atoms with Crippen LogP contribution in [0, 0.1) is 18.6 Å². The quantitative estimate of drug-likeness (QED) is 0.216. The number of methoxy groups -OCH3 is 1. The van der Waals surface area contributed by atoms with E-state index in [-0.39, 0.29) is 47.3 Å². The Labute approximate surface area is 232 Å². The van der Waals surface area contributed by atoms with Gasteiger partial charge in [0.1, 0.15) is 23.1 Å². The van der Waals surface area contributed by atoms with Crippen LogP contribution in [-0.4, -0.2) is 30.8 Å². The van der Waals surface area contributed by atoms with Crippen molar-refractivity contribution < 1.29 is 46.1 Å². The molecule has 1 unspecified atom stereocenters. The molecule has 41 heavy (non-hydrogen) atoms. The van der Waals surface area contributed by atoms with E-state index in [4.69, 9.17) is 9.47 Å². The molecular weight excluding hydrogens is 551 g/mol. The highest BCUT2D eigenvalue weighted by Gasteiger charge is 2.40. The van der Waals surface area contributed by atoms with E-state index in [1.54, 1.807) is 6.92 Å². The molecule has 0 heterocycles. The number of carbonyl (C=O) groups excluding carboxylic acids is 1. The van der Waals surface area contributed by atoms with Crippen molar-refractivity contribution in [3.63, 3.8) is 0 Å². The third-order valence-corrected chi connectivity index (χ3v) is 6.61. The summed E-state index contributed by atoms with van der Waals surface area (Å²) >= 11 is 0. The fraction of sp³-hybridized carbons (Fsp3) is 0.310. The second-order valence-electron chi connectivity index (χ2n) is 9.69. The second-order valence-corrected chi connectivity index (χ2v) is 9.69. The maximum Gasteiger partial charge on any atom is 0.416 e. The van der Waals surface area contributed by atoms with Crippen molar-refractivity contribution in [2.45, 2.75) is 44.3 Å². The number of alkyl halides is 3. The lowest BCUT2D eigenvalue weighted by Crippen LogP contribution is -2.28. The van der Waals surface area contributed by atoms with Crippen LogP contribution < -0.4 is 15.4 Å². The number of amides is 2. The molecule has 1 atom stereocenters. The Kier molecular flexibility index (Phi) is 8.81. The van der Waals surface area contributed by atoms with Crippen LogP contribution in [0.1, 0.15) is 63.8 Å². The largest absolute Gasteiger partial charge is 0.465 e. The van der Waals surface area contributed by atoms with Crippen LogP contribution in [0.3, 0.4) is 0 Å². The fourth-order valence-corrected chi connectivity index (χ4v) is 4.46. The lowest BCUT2D eigenvalue weighted by atomic mass is 9.98. The van der Waals surface area contributed by atoms with Crippen LogP contribution in [0.2, 0.25) is 0 Å². The summed E-state index contributed by atoms with van der Waals surface area (Å²) in [5, 5.41) is 13.8. The highest BCUT2D eigenvalue weighted by atomic mass is 19.4. The molecule has 3 N–H and O–H groups in total. The number of anilines is 1. The van der Waals surface area contributed by atoms with Crippen molar-refractivity contribution >= 4 is 17.7 Å². The van der Waals surface area contributed by atoms with Gasteiger partial charge in [0.05, 0.1) is 17.2 Å². The minimum Gasteiger partial charge on any atom is -0.465 e. The number of carbonyl (C=O) groups is 2. The van der Waals surface area contributed by atoms with E-state index in [9.17, 15) is 36.6 Å². The Morgan fingerprint density at radius 1 is 1.05 bits per heavy atom. The zero-order chi connectivity index (χ0) is 29.9. The third kappa shape index (κ3) is 7.31. The monoisotopic (exact) mass is 578 g/mol. The normalized spacial score (nSPS) is 13.9. The molecule has 0 bridgehead atoms. The molecule has 3 aromatic carbocycles. The Morgan fingerprint density at radius 2 is 1.78 bits per heavy atom. The van der Waals surface area contributed by atoms with E-state index in [0.29, 0.717) is 18.4 Å². The summed E-state index contributed by atoms with van der Waals surface area (Å²) in [6.07, 6.45) is -4.98. The first kappa shape index (κ1) is 29.8. The lowest BCUT2D eigenvalue weighted by molar-refractivity contribution is -0.138. The van der Waals surface area contributed by atoms with Gasteiger partial charge in [0.25, 0.3) is 5.91 Å². The SMILES string of the molecule is COCCC(NC(=O)O)c1cc(NC(=O)c2cc(C(F)(F)F)c(C3CC3)cc2Oc2ccc(F)cc2C)ccc1F. The van der Waals surface area contributed by atoms with Gasteiger partial charge in [-0.2, -0.15) is 13.2 Å². The molecule has 1 aliphatic carbocycles. The minimum absolute atomic E-state index is 0.00439. The number of nitrogens with one attached hydrogen (secondary N) is 2. The number of carboxylic acid groups (broad SMARTS) is 1. The van der Waals surface area contributed by atoms with Gasteiger partial charge in [-0.05, 0) is 91.8 Å². The lowest BCUT2D eigenvalue weighted by Gasteiger charge is -2.20. The van der Waals surface area contributed by atoms with Gasteiger partial charge in [0.15, 0.2) is 0 Å². The molecule has 0 spiro atoms. The smallest absolute Gasteiger partial charge is 0.416 e. The van der Waals surface area contributed by atoms with Crippen molar-refractivity contribution in [3.05, 3.63) is 88.0 Å². The molecule has 218 valence electrons. The summed E-state index contributed by atoms with van der Waals surface area (Å²) in [5.74, 6) is -2.64.